The minimum atomic E-state index is -4.74. The first-order chi connectivity index (χ1) is 18.2. The molecule has 6 heteroatoms. The van der Waals surface area contributed by atoms with Crippen molar-refractivity contribution in [1.82, 2.24) is 4.90 Å². The summed E-state index contributed by atoms with van der Waals surface area (Å²) in [4.78, 5) is 6.95. The van der Waals surface area contributed by atoms with Crippen LogP contribution in [0.25, 0.3) is 0 Å². The molecule has 1 saturated heterocycles. The Morgan fingerprint density at radius 3 is 2.50 bits per heavy atom. The van der Waals surface area contributed by atoms with E-state index in [-0.39, 0.29) is 11.1 Å². The Kier molecular flexibility index (Phi) is 6.09. The first kappa shape index (κ1) is 18.9. The van der Waals surface area contributed by atoms with Gasteiger partial charge < -0.3 is 4.84 Å². The van der Waals surface area contributed by atoms with Crippen LogP contribution in [0.15, 0.2) is 41.6 Å². The number of alkyl halides is 3. The second kappa shape index (κ2) is 10.9. The highest BCUT2D eigenvalue weighted by molar-refractivity contribution is 5.98. The zero-order chi connectivity index (χ0) is 28.6. The summed E-state index contributed by atoms with van der Waals surface area (Å²) in [6.07, 6.45) is -0.279. The van der Waals surface area contributed by atoms with Crippen molar-refractivity contribution >= 4 is 5.71 Å². The van der Waals surface area contributed by atoms with Crippen LogP contribution in [0.4, 0.5) is 13.2 Å². The molecule has 0 radical (unpaired) electrons. The van der Waals surface area contributed by atoms with Crippen LogP contribution in [0.1, 0.15) is 98.5 Å². The van der Waals surface area contributed by atoms with E-state index in [1.165, 1.54) is 12.1 Å². The van der Waals surface area contributed by atoms with Gasteiger partial charge in [0.25, 0.3) is 0 Å². The molecule has 2 fully saturated rings. The molecule has 2 aliphatic rings. The average molecular weight is 478 g/mol. The van der Waals surface area contributed by atoms with E-state index < -0.39 is 30.7 Å². The molecule has 1 aliphatic heterocycles. The van der Waals surface area contributed by atoms with Crippen LogP contribution in [0.3, 0.4) is 0 Å². The Hall–Kier alpha value is -2.34. The van der Waals surface area contributed by atoms with Gasteiger partial charge in [-0.1, -0.05) is 55.6 Å². The number of likely N-dealkylation sites (tertiary alicyclic amines) is 1. The van der Waals surface area contributed by atoms with Gasteiger partial charge >= 0.3 is 6.18 Å². The number of nitrogens with zero attached hydrogens (tertiary/aromatic N) is 2. The van der Waals surface area contributed by atoms with Crippen molar-refractivity contribution in [3.63, 3.8) is 0 Å². The fraction of sp³-hybridized carbons (Fsp3) is 0.536. The molecule has 1 aliphatic carbocycles. The topological polar surface area (TPSA) is 24.8 Å². The molecule has 1 saturated carbocycles. The lowest BCUT2D eigenvalue weighted by atomic mass is 9.81. The van der Waals surface area contributed by atoms with Gasteiger partial charge in [-0.05, 0) is 91.5 Å². The first-order valence-electron chi connectivity index (χ1n) is 14.5. The summed E-state index contributed by atoms with van der Waals surface area (Å²) >= 11 is 0. The van der Waals surface area contributed by atoms with Crippen molar-refractivity contribution in [3.8, 4) is 0 Å². The van der Waals surface area contributed by atoms with Crippen molar-refractivity contribution in [2.45, 2.75) is 83.9 Å². The van der Waals surface area contributed by atoms with E-state index in [0.29, 0.717) is 62.0 Å². The normalized spacial score (nSPS) is 22.0. The van der Waals surface area contributed by atoms with Gasteiger partial charge in [0.05, 0.1) is 14.0 Å². The van der Waals surface area contributed by atoms with Crippen molar-refractivity contribution in [2.24, 2.45) is 5.16 Å². The molecular weight excluding hydrogens is 437 g/mol. The monoisotopic (exact) mass is 477 g/mol. The van der Waals surface area contributed by atoms with Gasteiger partial charge in [-0.3, -0.25) is 4.90 Å². The van der Waals surface area contributed by atoms with E-state index in [4.69, 9.17) is 11.7 Å². The predicted molar refractivity (Wildman–Crippen MR) is 130 cm³/mol. The molecule has 34 heavy (non-hydrogen) atoms. The third-order valence-corrected chi connectivity index (χ3v) is 6.55. The fourth-order valence-corrected chi connectivity index (χ4v) is 4.41. The molecule has 3 nitrogen and oxygen atoms in total. The van der Waals surface area contributed by atoms with Gasteiger partial charge in [-0.25, -0.2) is 0 Å². The smallest absolute Gasteiger partial charge is 0.391 e. The third-order valence-electron chi connectivity index (χ3n) is 6.55. The highest BCUT2D eigenvalue weighted by atomic mass is 19.4. The van der Waals surface area contributed by atoms with E-state index in [9.17, 15) is 13.2 Å². The molecule has 1 heterocycles. The highest BCUT2D eigenvalue weighted by Crippen LogP contribution is 2.41. The summed E-state index contributed by atoms with van der Waals surface area (Å²) in [5, 5.41) is 3.91. The van der Waals surface area contributed by atoms with E-state index in [1.807, 2.05) is 6.92 Å². The van der Waals surface area contributed by atoms with Crippen molar-refractivity contribution < 1.29 is 24.9 Å². The summed E-state index contributed by atoms with van der Waals surface area (Å²) in [6.45, 7) is 0.670. The van der Waals surface area contributed by atoms with Gasteiger partial charge in [0.15, 0.2) is 0 Å². The molecule has 4 rings (SSSR count). The third kappa shape index (κ3) is 6.01. The Morgan fingerprint density at radius 2 is 1.85 bits per heavy atom. The molecule has 0 atom stereocenters. The lowest BCUT2D eigenvalue weighted by Gasteiger charge is -2.31. The molecule has 2 aromatic rings. The number of hydrogen-bond acceptors (Lipinski definition) is 3. The van der Waals surface area contributed by atoms with Crippen LogP contribution in [-0.4, -0.2) is 23.7 Å². The van der Waals surface area contributed by atoms with Gasteiger partial charge in [-0.2, -0.15) is 13.2 Å². The van der Waals surface area contributed by atoms with Crippen LogP contribution >= 0.6 is 0 Å². The second-order valence-corrected chi connectivity index (χ2v) is 8.97. The number of oxime groups is 1. The minimum Gasteiger partial charge on any atom is -0.391 e. The summed E-state index contributed by atoms with van der Waals surface area (Å²) in [6, 6.07) is 8.40. The standard InChI is InChI=1S/C28H35F3N2O/c1-3-22-17-24(11-12-25(22)18-33-14-7-15-33)20(2)32-34-19-21-10-13-26(23-8-5-4-6-9-23)27(16-21)28(29,30)31/h10-13,16-17,23H,3-9,14-15,18-19H2,1-2H3/b32-20+/i18D2,19D2,23D. The maximum atomic E-state index is 14.0. The van der Waals surface area contributed by atoms with E-state index in [2.05, 4.69) is 5.16 Å². The average Bonchev–Trinajstić information content (AvgIpc) is 2.85. The zero-order valence-corrected chi connectivity index (χ0v) is 19.8. The van der Waals surface area contributed by atoms with Crippen LogP contribution in [0.5, 0.6) is 0 Å². The Morgan fingerprint density at radius 1 is 1.09 bits per heavy atom. The summed E-state index contributed by atoms with van der Waals surface area (Å²) in [5.74, 6) is -1.35. The van der Waals surface area contributed by atoms with Crippen LogP contribution in [0, 0.1) is 0 Å². The van der Waals surface area contributed by atoms with Crippen LogP contribution in [0.2, 0.25) is 0 Å². The highest BCUT2D eigenvalue weighted by Gasteiger charge is 2.35. The summed E-state index contributed by atoms with van der Waals surface area (Å²) in [5.41, 5.74) is 0.808. The number of benzene rings is 2. The lowest BCUT2D eigenvalue weighted by molar-refractivity contribution is -0.138. The largest absolute Gasteiger partial charge is 0.416 e. The van der Waals surface area contributed by atoms with Crippen LogP contribution < -0.4 is 0 Å². The number of hydrogen-bond donors (Lipinski definition) is 0. The molecule has 184 valence electrons. The second-order valence-electron chi connectivity index (χ2n) is 8.97. The van der Waals surface area contributed by atoms with Crippen LogP contribution in [-0.2, 0) is 30.5 Å². The maximum absolute atomic E-state index is 14.0. The van der Waals surface area contributed by atoms with Gasteiger partial charge in [0, 0.05) is 10.6 Å². The van der Waals surface area contributed by atoms with Gasteiger partial charge in [-0.15, -0.1) is 0 Å². The lowest BCUT2D eigenvalue weighted by Crippen LogP contribution is -2.36. The Balaban J connectivity index is 1.59. The molecule has 0 unspecified atom stereocenters. The zero-order valence-electron chi connectivity index (χ0n) is 24.8. The van der Waals surface area contributed by atoms with Gasteiger partial charge in [0.2, 0.25) is 0 Å². The molecule has 0 bridgehead atoms. The molecule has 0 amide bonds. The molecule has 2 aromatic carbocycles. The van der Waals surface area contributed by atoms with Crippen molar-refractivity contribution in [3.05, 3.63) is 69.8 Å². The first-order valence-corrected chi connectivity index (χ1v) is 12.0. The SMILES string of the molecule is [2H]C1(c2ccc(C([2H])([2H])O/N=C(\C)c3ccc(C([2H])([2H])N4CCC4)c(CC)c3)cc2C(F)(F)F)CCCCC1. The summed E-state index contributed by atoms with van der Waals surface area (Å²) in [7, 11) is 0. The molecular formula is C28H35F3N2O. The van der Waals surface area contributed by atoms with Crippen molar-refractivity contribution in [2.75, 3.05) is 13.1 Å². The number of aryl methyl sites for hydroxylation is 1. The van der Waals surface area contributed by atoms with Crippen molar-refractivity contribution in [1.29, 1.82) is 0 Å². The van der Waals surface area contributed by atoms with Gasteiger partial charge in [0.1, 0.15) is 6.56 Å². The Labute approximate surface area is 208 Å². The summed E-state index contributed by atoms with van der Waals surface area (Å²) < 4.78 is 84.6. The minimum absolute atomic E-state index is 0.126. The van der Waals surface area contributed by atoms with E-state index >= 15 is 0 Å². The molecule has 0 aromatic heterocycles. The number of rotatable bonds is 8. The molecule has 0 spiro atoms. The molecule has 0 N–H and O–H groups in total. The Bertz CT molecular complexity index is 1220. The predicted octanol–water partition coefficient (Wildman–Crippen LogP) is 7.46. The van der Waals surface area contributed by atoms with E-state index in [0.717, 1.165) is 24.5 Å². The van der Waals surface area contributed by atoms with E-state index in [1.54, 1.807) is 30.0 Å². The quantitative estimate of drug-likeness (QED) is 0.291. The fourth-order valence-electron chi connectivity index (χ4n) is 4.41. The maximum Gasteiger partial charge on any atom is 0.416 e. The number of halogens is 3.